The Labute approximate surface area is 167 Å². The number of rotatable bonds is 7. The van der Waals surface area contributed by atoms with Gasteiger partial charge in [-0.05, 0) is 25.8 Å². The van der Waals surface area contributed by atoms with Crippen LogP contribution < -0.4 is 5.56 Å². The molecule has 144 valence electrons. The maximum atomic E-state index is 13.1. The summed E-state index contributed by atoms with van der Waals surface area (Å²) >= 11 is 2.90. The van der Waals surface area contributed by atoms with E-state index in [4.69, 9.17) is 9.72 Å². The molecule has 0 radical (unpaired) electrons. The van der Waals surface area contributed by atoms with E-state index in [1.165, 1.54) is 17.3 Å². The first-order valence-corrected chi connectivity index (χ1v) is 10.9. The maximum Gasteiger partial charge on any atom is 0.319 e. The van der Waals surface area contributed by atoms with Crippen LogP contribution in [0.4, 0.5) is 0 Å². The van der Waals surface area contributed by atoms with Crippen LogP contribution in [0.3, 0.4) is 0 Å². The lowest BCUT2D eigenvalue weighted by atomic mass is 10.1. The Kier molecular flexibility index (Phi) is 6.65. The van der Waals surface area contributed by atoms with Crippen molar-refractivity contribution in [3.8, 4) is 0 Å². The molecule has 2 aromatic rings. The van der Waals surface area contributed by atoms with E-state index in [2.05, 4.69) is 19.1 Å². The number of nitrogens with zero attached hydrogens (tertiary/aromatic N) is 2. The van der Waals surface area contributed by atoms with E-state index in [0.29, 0.717) is 23.6 Å². The zero-order chi connectivity index (χ0) is 19.4. The molecule has 0 saturated carbocycles. The minimum atomic E-state index is -0.413. The molecule has 0 unspecified atom stereocenters. The number of aromatic nitrogens is 2. The predicted octanol–water partition coefficient (Wildman–Crippen LogP) is 3.57. The molecule has 5 nitrogen and oxygen atoms in total. The summed E-state index contributed by atoms with van der Waals surface area (Å²) in [5.41, 5.74) is 2.02. The van der Waals surface area contributed by atoms with Gasteiger partial charge in [-0.15, -0.1) is 11.8 Å². The highest BCUT2D eigenvalue weighted by molar-refractivity contribution is 8.00. The van der Waals surface area contributed by atoms with Gasteiger partial charge in [0, 0.05) is 18.2 Å². The predicted molar refractivity (Wildman–Crippen MR) is 110 cm³/mol. The molecule has 7 heteroatoms. The summed E-state index contributed by atoms with van der Waals surface area (Å²) in [5, 5.41) is 0.541. The van der Waals surface area contributed by atoms with Gasteiger partial charge in [0.05, 0.1) is 17.2 Å². The van der Waals surface area contributed by atoms with E-state index in [1.54, 1.807) is 30.2 Å². The molecule has 0 aliphatic carbocycles. The van der Waals surface area contributed by atoms with Gasteiger partial charge in [0.1, 0.15) is 5.25 Å². The summed E-state index contributed by atoms with van der Waals surface area (Å²) in [4.78, 5) is 30.7. The van der Waals surface area contributed by atoms with Crippen LogP contribution in [-0.4, -0.2) is 32.6 Å². The molecular formula is C20H24N2O3S2. The Hall–Kier alpha value is -1.73. The van der Waals surface area contributed by atoms with E-state index in [0.717, 1.165) is 23.4 Å². The Morgan fingerprint density at radius 2 is 2.15 bits per heavy atom. The fourth-order valence-electron chi connectivity index (χ4n) is 2.97. The molecule has 0 bridgehead atoms. The van der Waals surface area contributed by atoms with Crippen LogP contribution in [0.2, 0.25) is 0 Å². The molecule has 0 N–H and O–H groups in total. The number of aryl methyl sites for hydroxylation is 1. The molecule has 1 aromatic carbocycles. The SMILES string of the molecule is CCOC(=O)[C@@H](C)Sc1nc2c(c(=O)n1CCc1ccccc1)S[C@H](C)C2. The first kappa shape index (κ1) is 20.0. The Morgan fingerprint density at radius 3 is 2.85 bits per heavy atom. The number of benzene rings is 1. The van der Waals surface area contributed by atoms with Crippen molar-refractivity contribution in [2.75, 3.05) is 6.61 Å². The minimum absolute atomic E-state index is 0.00356. The lowest BCUT2D eigenvalue weighted by molar-refractivity contribution is -0.142. The Morgan fingerprint density at radius 1 is 1.41 bits per heavy atom. The number of hydrogen-bond acceptors (Lipinski definition) is 6. The number of carbonyl (C=O) groups excluding carboxylic acids is 1. The van der Waals surface area contributed by atoms with Crippen molar-refractivity contribution >= 4 is 29.5 Å². The van der Waals surface area contributed by atoms with Crippen LogP contribution in [0, 0.1) is 0 Å². The molecule has 0 amide bonds. The average molecular weight is 405 g/mol. The topological polar surface area (TPSA) is 61.2 Å². The maximum absolute atomic E-state index is 13.1. The molecular weight excluding hydrogens is 380 g/mol. The minimum Gasteiger partial charge on any atom is -0.465 e. The van der Waals surface area contributed by atoms with Crippen LogP contribution >= 0.6 is 23.5 Å². The van der Waals surface area contributed by atoms with Gasteiger partial charge in [-0.1, -0.05) is 49.0 Å². The fraction of sp³-hybridized carbons (Fsp3) is 0.450. The smallest absolute Gasteiger partial charge is 0.319 e. The third kappa shape index (κ3) is 4.76. The van der Waals surface area contributed by atoms with E-state index < -0.39 is 5.25 Å². The van der Waals surface area contributed by atoms with Crippen molar-refractivity contribution in [1.29, 1.82) is 0 Å². The quantitative estimate of drug-likeness (QED) is 0.399. The van der Waals surface area contributed by atoms with Crippen molar-refractivity contribution in [3.63, 3.8) is 0 Å². The summed E-state index contributed by atoms with van der Waals surface area (Å²) in [6.45, 7) is 6.57. The fourth-order valence-corrected chi connectivity index (χ4v) is 5.03. The summed E-state index contributed by atoms with van der Waals surface area (Å²) in [6, 6.07) is 10.1. The molecule has 1 aliphatic rings. The highest BCUT2D eigenvalue weighted by Gasteiger charge is 2.28. The molecule has 3 rings (SSSR count). The van der Waals surface area contributed by atoms with Gasteiger partial charge in [-0.3, -0.25) is 14.2 Å². The van der Waals surface area contributed by atoms with Crippen LogP contribution in [0.15, 0.2) is 45.2 Å². The van der Waals surface area contributed by atoms with E-state index >= 15 is 0 Å². The van der Waals surface area contributed by atoms with Crippen LogP contribution in [-0.2, 0) is 28.9 Å². The molecule has 1 aliphatic heterocycles. The van der Waals surface area contributed by atoms with Gasteiger partial charge in [0.25, 0.3) is 5.56 Å². The highest BCUT2D eigenvalue weighted by atomic mass is 32.2. The third-order valence-corrected chi connectivity index (χ3v) is 6.61. The number of thioether (sulfide) groups is 2. The van der Waals surface area contributed by atoms with Gasteiger partial charge >= 0.3 is 5.97 Å². The molecule has 2 atom stereocenters. The zero-order valence-corrected chi connectivity index (χ0v) is 17.4. The Balaban J connectivity index is 1.90. The second kappa shape index (κ2) is 8.97. The average Bonchev–Trinajstić information content (AvgIpc) is 3.03. The summed E-state index contributed by atoms with van der Waals surface area (Å²) in [7, 11) is 0. The van der Waals surface area contributed by atoms with Gasteiger partial charge in [0.2, 0.25) is 0 Å². The van der Waals surface area contributed by atoms with Crippen molar-refractivity contribution in [2.45, 2.75) is 60.7 Å². The summed E-state index contributed by atoms with van der Waals surface area (Å²) < 4.78 is 6.83. The number of carbonyl (C=O) groups is 1. The van der Waals surface area contributed by atoms with Crippen LogP contribution in [0.1, 0.15) is 32.0 Å². The molecule has 27 heavy (non-hydrogen) atoms. The van der Waals surface area contributed by atoms with Crippen molar-refractivity contribution < 1.29 is 9.53 Å². The lowest BCUT2D eigenvalue weighted by Gasteiger charge is -2.16. The first-order valence-electron chi connectivity index (χ1n) is 9.17. The molecule has 0 spiro atoms. The van der Waals surface area contributed by atoms with E-state index in [-0.39, 0.29) is 11.5 Å². The number of ether oxygens (including phenoxy) is 1. The number of fused-ring (bicyclic) bond motifs is 1. The second-order valence-corrected chi connectivity index (χ2v) is 9.26. The van der Waals surface area contributed by atoms with Crippen molar-refractivity contribution in [1.82, 2.24) is 9.55 Å². The van der Waals surface area contributed by atoms with Crippen molar-refractivity contribution in [3.05, 3.63) is 51.9 Å². The summed E-state index contributed by atoms with van der Waals surface area (Å²) in [6.07, 6.45) is 1.53. The molecule has 1 aromatic heterocycles. The third-order valence-electron chi connectivity index (χ3n) is 4.33. The van der Waals surface area contributed by atoms with Gasteiger partial charge in [-0.2, -0.15) is 0 Å². The normalized spacial score (nSPS) is 16.8. The molecule has 2 heterocycles. The van der Waals surface area contributed by atoms with Gasteiger partial charge in [-0.25, -0.2) is 4.98 Å². The van der Waals surface area contributed by atoms with Crippen molar-refractivity contribution in [2.24, 2.45) is 0 Å². The largest absolute Gasteiger partial charge is 0.465 e. The van der Waals surface area contributed by atoms with Gasteiger partial charge in [0.15, 0.2) is 5.16 Å². The van der Waals surface area contributed by atoms with Crippen LogP contribution in [0.25, 0.3) is 0 Å². The summed E-state index contributed by atoms with van der Waals surface area (Å²) in [5.74, 6) is -0.283. The molecule has 0 saturated heterocycles. The first-order chi connectivity index (χ1) is 13.0. The number of hydrogen-bond donors (Lipinski definition) is 0. The Bertz CT molecular complexity index is 868. The highest BCUT2D eigenvalue weighted by Crippen LogP contribution is 2.34. The monoisotopic (exact) mass is 404 g/mol. The van der Waals surface area contributed by atoms with Gasteiger partial charge < -0.3 is 4.74 Å². The number of esters is 1. The second-order valence-electron chi connectivity index (χ2n) is 6.51. The zero-order valence-electron chi connectivity index (χ0n) is 15.8. The van der Waals surface area contributed by atoms with E-state index in [9.17, 15) is 9.59 Å². The van der Waals surface area contributed by atoms with E-state index in [1.807, 2.05) is 18.2 Å². The standard InChI is InChI=1S/C20H24N2O3S2/c1-4-25-19(24)14(3)27-20-21-16-12-13(2)26-17(16)18(23)22(20)11-10-15-8-6-5-7-9-15/h5-9,13-14H,4,10-12H2,1-3H3/t13-,14-/m1/s1. The lowest BCUT2D eigenvalue weighted by Crippen LogP contribution is -2.27. The van der Waals surface area contributed by atoms with Crippen LogP contribution in [0.5, 0.6) is 0 Å². The molecule has 0 fully saturated rings.